The lowest BCUT2D eigenvalue weighted by Gasteiger charge is -2.25. The van der Waals surface area contributed by atoms with E-state index in [9.17, 15) is 0 Å². The summed E-state index contributed by atoms with van der Waals surface area (Å²) in [4.78, 5) is 22.2. The van der Waals surface area contributed by atoms with Crippen LogP contribution in [0.25, 0.3) is 0 Å². The molecule has 0 fully saturated rings. The fourth-order valence-electron chi connectivity index (χ4n) is 1.04. The molecule has 0 unspecified atom stereocenters. The fraction of sp³-hybridized carbons (Fsp3) is 1.00. The quantitative estimate of drug-likeness (QED) is 0.394. The summed E-state index contributed by atoms with van der Waals surface area (Å²) in [6.07, 6.45) is 3.56. The maximum absolute atomic E-state index is 5.56. The third kappa shape index (κ3) is 7.68. The van der Waals surface area contributed by atoms with Gasteiger partial charge in [-0.15, -0.1) is 0 Å². The maximum Gasteiger partial charge on any atom is 1.00 e. The van der Waals surface area contributed by atoms with Crippen LogP contribution in [0.15, 0.2) is 0 Å². The van der Waals surface area contributed by atoms with E-state index in [0.29, 0.717) is 26.4 Å². The number of hydrogen-bond donors (Lipinski definition) is 0. The van der Waals surface area contributed by atoms with E-state index in [0.717, 1.165) is 25.7 Å². The molecule has 5 nitrogen and oxygen atoms in total. The Kier molecular flexibility index (Phi) is 10.8. The van der Waals surface area contributed by atoms with Gasteiger partial charge in [0.05, 0.1) is 0 Å². The minimum atomic E-state index is -0.580. The molecule has 0 saturated heterocycles. The molecular formula is C12H29NO4+2. The Balaban J connectivity index is 0. The summed E-state index contributed by atoms with van der Waals surface area (Å²) in [6.45, 7) is 10.3. The van der Waals surface area contributed by atoms with Crippen molar-refractivity contribution in [2.24, 2.45) is 0 Å². The molecule has 0 spiro atoms. The number of hydrogen-bond acceptors (Lipinski definition) is 4. The molecule has 0 radical (unpaired) electrons. The van der Waals surface area contributed by atoms with Crippen molar-refractivity contribution in [2.45, 2.75) is 53.4 Å². The topological polar surface area (TPSA) is 36.9 Å². The van der Waals surface area contributed by atoms with Gasteiger partial charge in [0.2, 0.25) is 5.14 Å². The molecule has 0 rings (SSSR count). The second-order valence-electron chi connectivity index (χ2n) is 3.78. The Morgan fingerprint density at radius 2 is 0.824 bits per heavy atom. The van der Waals surface area contributed by atoms with Crippen LogP contribution < -0.4 is 0 Å². The molecule has 0 aliphatic rings. The second kappa shape index (κ2) is 10.9. The first-order chi connectivity index (χ1) is 8.24. The largest absolute Gasteiger partial charge is 1.00 e. The first-order valence-corrected chi connectivity index (χ1v) is 6.71. The highest BCUT2D eigenvalue weighted by molar-refractivity contribution is 4.18. The molecule has 0 saturated carbocycles. The summed E-state index contributed by atoms with van der Waals surface area (Å²) in [6, 6.07) is 0. The molecule has 0 heterocycles. The van der Waals surface area contributed by atoms with Gasteiger partial charge in [0.25, 0.3) is 0 Å². The van der Waals surface area contributed by atoms with Crippen molar-refractivity contribution in [1.82, 2.24) is 0 Å². The van der Waals surface area contributed by atoms with E-state index < -0.39 is 5.14 Å². The standard InChI is InChI=1S/C12H28NO4/c1-5-9-14-13(15-10-6-2,16-11-7-3)17-12-8-4/h5-12H2,1-4H3/q+1/p+1. The van der Waals surface area contributed by atoms with E-state index >= 15 is 0 Å². The van der Waals surface area contributed by atoms with Crippen molar-refractivity contribution < 1.29 is 25.9 Å². The molecule has 0 atom stereocenters. The molecule has 0 aromatic rings. The minimum absolute atomic E-state index is 0. The van der Waals surface area contributed by atoms with Gasteiger partial charge in [-0.1, -0.05) is 47.0 Å². The molecule has 5 heteroatoms. The molecule has 0 aliphatic heterocycles. The van der Waals surface area contributed by atoms with Crippen LogP contribution in [0.2, 0.25) is 0 Å². The summed E-state index contributed by atoms with van der Waals surface area (Å²) in [7, 11) is 0. The zero-order chi connectivity index (χ0) is 13.0. The maximum atomic E-state index is 5.56. The van der Waals surface area contributed by atoms with Crippen LogP contribution in [-0.4, -0.2) is 31.6 Å². The van der Waals surface area contributed by atoms with Crippen LogP contribution >= 0.6 is 0 Å². The summed E-state index contributed by atoms with van der Waals surface area (Å²) in [5, 5.41) is -0.580. The highest BCUT2D eigenvalue weighted by Gasteiger charge is 2.37. The predicted octanol–water partition coefficient (Wildman–Crippen LogP) is 3.28. The van der Waals surface area contributed by atoms with Crippen LogP contribution in [0.4, 0.5) is 0 Å². The van der Waals surface area contributed by atoms with Crippen LogP contribution in [-0.2, 0) is 19.4 Å². The fourth-order valence-corrected chi connectivity index (χ4v) is 1.04. The molecule has 0 N–H and O–H groups in total. The average Bonchev–Trinajstić information content (AvgIpc) is 2.37. The molecular weight excluding hydrogens is 222 g/mol. The van der Waals surface area contributed by atoms with Crippen molar-refractivity contribution in [2.75, 3.05) is 26.4 Å². The van der Waals surface area contributed by atoms with Gasteiger partial charge in [-0.05, 0) is 25.7 Å². The van der Waals surface area contributed by atoms with Gasteiger partial charge >= 0.3 is 1.43 Å². The summed E-state index contributed by atoms with van der Waals surface area (Å²) in [5.74, 6) is 0. The van der Waals surface area contributed by atoms with Crippen LogP contribution in [0, 0.1) is 0 Å². The van der Waals surface area contributed by atoms with E-state index in [-0.39, 0.29) is 1.43 Å². The molecule has 0 aromatic carbocycles. The predicted molar refractivity (Wildman–Crippen MR) is 66.3 cm³/mol. The molecule has 0 aliphatic carbocycles. The zero-order valence-corrected chi connectivity index (χ0v) is 11.7. The van der Waals surface area contributed by atoms with Gasteiger partial charge in [0.1, 0.15) is 26.4 Å². The Morgan fingerprint density at radius 3 is 1.00 bits per heavy atom. The Morgan fingerprint density at radius 1 is 0.588 bits per heavy atom. The summed E-state index contributed by atoms with van der Waals surface area (Å²) < 4.78 is 0. The van der Waals surface area contributed by atoms with E-state index in [2.05, 4.69) is 0 Å². The van der Waals surface area contributed by atoms with Crippen molar-refractivity contribution >= 4 is 0 Å². The lowest BCUT2D eigenvalue weighted by molar-refractivity contribution is -1.47. The molecule has 0 amide bonds. The van der Waals surface area contributed by atoms with Crippen molar-refractivity contribution in [3.63, 3.8) is 0 Å². The van der Waals surface area contributed by atoms with E-state index in [4.69, 9.17) is 19.4 Å². The van der Waals surface area contributed by atoms with Gasteiger partial charge in [0.15, 0.2) is 0 Å². The van der Waals surface area contributed by atoms with E-state index in [1.807, 2.05) is 27.7 Å². The van der Waals surface area contributed by atoms with Crippen molar-refractivity contribution in [3.05, 3.63) is 0 Å². The molecule has 0 aromatic heterocycles. The van der Waals surface area contributed by atoms with Gasteiger partial charge in [-0.3, -0.25) is 0 Å². The normalized spacial score (nSPS) is 12.0. The molecule has 104 valence electrons. The second-order valence-corrected chi connectivity index (χ2v) is 3.78. The van der Waals surface area contributed by atoms with E-state index in [1.54, 1.807) is 0 Å². The highest BCUT2D eigenvalue weighted by atomic mass is 17.4. The number of nitrogens with zero attached hydrogens (tertiary/aromatic N) is 1. The third-order valence-electron chi connectivity index (χ3n) is 1.81. The average molecular weight is 251 g/mol. The minimum Gasteiger partial charge on any atom is -0.0964 e. The van der Waals surface area contributed by atoms with Gasteiger partial charge in [0, 0.05) is 0 Å². The zero-order valence-electron chi connectivity index (χ0n) is 12.7. The van der Waals surface area contributed by atoms with Crippen molar-refractivity contribution in [1.29, 1.82) is 0 Å². The first-order valence-electron chi connectivity index (χ1n) is 6.71. The van der Waals surface area contributed by atoms with Gasteiger partial charge in [-0.25, -0.2) is 0 Å². The summed E-state index contributed by atoms with van der Waals surface area (Å²) in [5.41, 5.74) is 0. The van der Waals surface area contributed by atoms with E-state index in [1.165, 1.54) is 0 Å². The lowest BCUT2D eigenvalue weighted by Crippen LogP contribution is -2.48. The molecule has 0 bridgehead atoms. The number of quaternary nitrogens is 1. The monoisotopic (exact) mass is 251 g/mol. The summed E-state index contributed by atoms with van der Waals surface area (Å²) >= 11 is 0. The Labute approximate surface area is 106 Å². The van der Waals surface area contributed by atoms with Crippen LogP contribution in [0.1, 0.15) is 54.8 Å². The SMILES string of the molecule is CCCO[N+](OCCC)(OCCC)OCCC.[H+]. The van der Waals surface area contributed by atoms with Crippen LogP contribution in [0.5, 0.6) is 0 Å². The van der Waals surface area contributed by atoms with Crippen LogP contribution in [0.3, 0.4) is 0 Å². The Bertz CT molecular complexity index is 135. The van der Waals surface area contributed by atoms with Gasteiger partial charge in [-0.2, -0.15) is 0 Å². The highest BCUT2D eigenvalue weighted by Crippen LogP contribution is 2.15. The van der Waals surface area contributed by atoms with Crippen molar-refractivity contribution in [3.8, 4) is 0 Å². The Hall–Kier alpha value is -0.200. The third-order valence-corrected chi connectivity index (χ3v) is 1.81. The first kappa shape index (κ1) is 16.8. The smallest absolute Gasteiger partial charge is 0.0964 e. The lowest BCUT2D eigenvalue weighted by atomic mass is 10.5. The number of rotatable bonds is 12. The molecule has 17 heavy (non-hydrogen) atoms. The van der Waals surface area contributed by atoms with Gasteiger partial charge < -0.3 is 0 Å².